The van der Waals surface area contributed by atoms with Crippen LogP contribution >= 0.6 is 11.8 Å². The van der Waals surface area contributed by atoms with Crippen LogP contribution in [0.3, 0.4) is 0 Å². The Labute approximate surface area is 188 Å². The highest BCUT2D eigenvalue weighted by Gasteiger charge is 2.24. The van der Waals surface area contributed by atoms with E-state index in [1.807, 2.05) is 35.8 Å². The Bertz CT molecular complexity index is 1260. The maximum Gasteiger partial charge on any atom is 0.208 e. The van der Waals surface area contributed by atoms with Gasteiger partial charge in [-0.15, -0.1) is 10.2 Å². The van der Waals surface area contributed by atoms with Crippen LogP contribution in [0.25, 0.3) is 22.4 Å². The zero-order valence-corrected chi connectivity index (χ0v) is 18.4. The molecule has 1 saturated heterocycles. The lowest BCUT2D eigenvalue weighted by atomic mass is 10.1. The lowest BCUT2D eigenvalue weighted by Gasteiger charge is -2.14. The van der Waals surface area contributed by atoms with E-state index in [1.54, 1.807) is 12.1 Å². The maximum absolute atomic E-state index is 13.4. The number of para-hydroxylation sites is 1. The molecule has 1 aliphatic rings. The second-order valence-electron chi connectivity index (χ2n) is 7.82. The number of hydrogen-bond acceptors (Lipinski definition) is 6. The highest BCUT2D eigenvalue weighted by molar-refractivity contribution is 7.99. The molecule has 6 nitrogen and oxygen atoms in total. The molecule has 1 aliphatic heterocycles. The molecule has 2 aromatic heterocycles. The van der Waals surface area contributed by atoms with Crippen LogP contribution in [0, 0.1) is 12.7 Å². The van der Waals surface area contributed by atoms with Gasteiger partial charge in [-0.1, -0.05) is 30.0 Å². The average Bonchev–Trinajstić information content (AvgIpc) is 3.53. The van der Waals surface area contributed by atoms with Gasteiger partial charge in [0.05, 0.1) is 18.4 Å². The first kappa shape index (κ1) is 20.9. The van der Waals surface area contributed by atoms with Crippen LogP contribution in [0.4, 0.5) is 4.39 Å². The fourth-order valence-corrected chi connectivity index (χ4v) is 4.81. The lowest BCUT2D eigenvalue weighted by molar-refractivity contribution is 0.0953. The molecule has 1 unspecified atom stereocenters. The zero-order valence-electron chi connectivity index (χ0n) is 17.6. The van der Waals surface area contributed by atoms with Crippen LogP contribution in [0.15, 0.2) is 58.1 Å². The second-order valence-corrected chi connectivity index (χ2v) is 8.77. The Hall–Kier alpha value is -2.97. The normalized spacial score (nSPS) is 16.1. The first-order chi connectivity index (χ1) is 15.6. The van der Waals surface area contributed by atoms with Gasteiger partial charge in [-0.05, 0) is 50.1 Å². The molecule has 8 heteroatoms. The van der Waals surface area contributed by atoms with Crippen molar-refractivity contribution in [2.45, 2.75) is 37.6 Å². The molecule has 2 aromatic carbocycles. The summed E-state index contributed by atoms with van der Waals surface area (Å²) in [6.45, 7) is 3.22. The number of nitrogens with zero attached hydrogens (tertiary/aromatic N) is 3. The van der Waals surface area contributed by atoms with Crippen molar-refractivity contribution in [3.8, 4) is 11.4 Å². The summed E-state index contributed by atoms with van der Waals surface area (Å²) in [5, 5.41) is 10.2. The van der Waals surface area contributed by atoms with Crippen molar-refractivity contribution in [3.05, 3.63) is 65.7 Å². The number of thioether (sulfide) groups is 1. The van der Waals surface area contributed by atoms with Crippen LogP contribution in [0.1, 0.15) is 29.0 Å². The minimum atomic E-state index is -0.305. The smallest absolute Gasteiger partial charge is 0.208 e. The molecule has 0 spiro atoms. The highest BCUT2D eigenvalue weighted by atomic mass is 32.2. The number of carbonyl (C=O) groups excluding carboxylic acids is 1. The van der Waals surface area contributed by atoms with Crippen molar-refractivity contribution in [1.29, 1.82) is 0 Å². The van der Waals surface area contributed by atoms with Crippen LogP contribution in [0.5, 0.6) is 0 Å². The number of benzene rings is 2. The minimum absolute atomic E-state index is 0.0675. The standard InChI is InChI=1S/C24H22FN3O3S/c1-15-19-6-2-3-7-21(19)31-22(15)20(29)14-32-24-27-26-23(16-8-10-17(25)11-9-16)28(24)13-18-5-4-12-30-18/h2-3,6-11,18H,4-5,12-14H2,1H3. The molecule has 164 valence electrons. The molecule has 1 fully saturated rings. The predicted octanol–water partition coefficient (Wildman–Crippen LogP) is 5.29. The molecule has 0 N–H and O–H groups in total. The van der Waals surface area contributed by atoms with E-state index in [2.05, 4.69) is 10.2 Å². The number of Topliss-reactive ketones (excluding diaryl/α,β-unsaturated/α-hetero) is 1. The van der Waals surface area contributed by atoms with Crippen molar-refractivity contribution in [1.82, 2.24) is 14.8 Å². The highest BCUT2D eigenvalue weighted by Crippen LogP contribution is 2.29. The number of fused-ring (bicyclic) bond motifs is 1. The van der Waals surface area contributed by atoms with E-state index in [9.17, 15) is 9.18 Å². The molecule has 32 heavy (non-hydrogen) atoms. The summed E-state index contributed by atoms with van der Waals surface area (Å²) >= 11 is 1.32. The first-order valence-electron chi connectivity index (χ1n) is 10.5. The number of rotatable bonds is 7. The second kappa shape index (κ2) is 8.88. The number of halogens is 1. The monoisotopic (exact) mass is 451 g/mol. The van der Waals surface area contributed by atoms with E-state index in [0.717, 1.165) is 36.0 Å². The number of ketones is 1. The van der Waals surface area contributed by atoms with Crippen molar-refractivity contribution >= 4 is 28.5 Å². The summed E-state index contributed by atoms with van der Waals surface area (Å²) in [7, 11) is 0. The van der Waals surface area contributed by atoms with Crippen molar-refractivity contribution in [3.63, 3.8) is 0 Å². The van der Waals surface area contributed by atoms with Crippen LogP contribution in [0.2, 0.25) is 0 Å². The van der Waals surface area contributed by atoms with Gasteiger partial charge >= 0.3 is 0 Å². The predicted molar refractivity (Wildman–Crippen MR) is 120 cm³/mol. The van der Waals surface area contributed by atoms with E-state index < -0.39 is 0 Å². The molecule has 1 atom stereocenters. The van der Waals surface area contributed by atoms with Gasteiger partial charge in [0.1, 0.15) is 11.4 Å². The maximum atomic E-state index is 13.4. The fraction of sp³-hybridized carbons (Fsp3) is 0.292. The van der Waals surface area contributed by atoms with E-state index in [4.69, 9.17) is 9.15 Å². The Morgan fingerprint density at radius 2 is 2.00 bits per heavy atom. The Kier molecular flexibility index (Phi) is 5.80. The fourth-order valence-electron chi connectivity index (χ4n) is 4.00. The summed E-state index contributed by atoms with van der Waals surface area (Å²) < 4.78 is 27.0. The topological polar surface area (TPSA) is 70.2 Å². The van der Waals surface area contributed by atoms with Crippen LogP contribution in [-0.2, 0) is 11.3 Å². The quantitative estimate of drug-likeness (QED) is 0.281. The minimum Gasteiger partial charge on any atom is -0.453 e. The van der Waals surface area contributed by atoms with Crippen LogP contribution < -0.4 is 0 Å². The van der Waals surface area contributed by atoms with Gasteiger partial charge in [0.25, 0.3) is 0 Å². The third kappa shape index (κ3) is 4.08. The van der Waals surface area contributed by atoms with Gasteiger partial charge < -0.3 is 9.15 Å². The molecular weight excluding hydrogens is 429 g/mol. The third-order valence-corrected chi connectivity index (χ3v) is 6.63. The number of aromatic nitrogens is 3. The van der Waals surface area contributed by atoms with Gasteiger partial charge in [0.2, 0.25) is 5.78 Å². The molecule has 0 amide bonds. The Balaban J connectivity index is 1.40. The van der Waals surface area contributed by atoms with Crippen molar-refractivity contribution in [2.24, 2.45) is 0 Å². The number of ether oxygens (including phenoxy) is 1. The Morgan fingerprint density at radius 1 is 1.19 bits per heavy atom. The van der Waals surface area contributed by atoms with E-state index in [0.29, 0.717) is 28.9 Å². The van der Waals surface area contributed by atoms with Gasteiger partial charge in [0, 0.05) is 23.1 Å². The van der Waals surface area contributed by atoms with Gasteiger partial charge in [-0.2, -0.15) is 0 Å². The van der Waals surface area contributed by atoms with Gasteiger partial charge in [0.15, 0.2) is 16.7 Å². The largest absolute Gasteiger partial charge is 0.453 e. The van der Waals surface area contributed by atoms with Gasteiger partial charge in [-0.25, -0.2) is 4.39 Å². The van der Waals surface area contributed by atoms with Crippen LogP contribution in [-0.4, -0.2) is 39.0 Å². The van der Waals surface area contributed by atoms with E-state index in [-0.39, 0.29) is 23.5 Å². The van der Waals surface area contributed by atoms with Gasteiger partial charge in [-0.3, -0.25) is 9.36 Å². The third-order valence-electron chi connectivity index (χ3n) is 5.66. The number of hydrogen-bond donors (Lipinski definition) is 0. The molecule has 0 aliphatic carbocycles. The SMILES string of the molecule is Cc1c(C(=O)CSc2nnc(-c3ccc(F)cc3)n2CC2CCCO2)oc2ccccc12. The lowest BCUT2D eigenvalue weighted by Crippen LogP contribution is -2.17. The molecule has 0 bridgehead atoms. The average molecular weight is 452 g/mol. The first-order valence-corrected chi connectivity index (χ1v) is 11.5. The summed E-state index contributed by atoms with van der Waals surface area (Å²) in [5.74, 6) is 0.783. The molecule has 0 radical (unpaired) electrons. The summed E-state index contributed by atoms with van der Waals surface area (Å²) in [6, 6.07) is 13.8. The van der Waals surface area contributed by atoms with Crippen molar-refractivity contribution < 1.29 is 18.3 Å². The summed E-state index contributed by atoms with van der Waals surface area (Å²) in [5.41, 5.74) is 2.32. The molecular formula is C24H22FN3O3S. The molecule has 5 rings (SSSR count). The summed E-state index contributed by atoms with van der Waals surface area (Å²) in [4.78, 5) is 12.9. The zero-order chi connectivity index (χ0) is 22.1. The van der Waals surface area contributed by atoms with E-state index >= 15 is 0 Å². The molecule has 3 heterocycles. The Morgan fingerprint density at radius 3 is 2.75 bits per heavy atom. The van der Waals surface area contributed by atoms with E-state index in [1.165, 1.54) is 23.9 Å². The number of furan rings is 1. The molecule has 0 saturated carbocycles. The van der Waals surface area contributed by atoms with Crippen molar-refractivity contribution in [2.75, 3.05) is 12.4 Å². The number of carbonyl (C=O) groups is 1. The molecule has 4 aromatic rings. The number of aryl methyl sites for hydroxylation is 1. The summed E-state index contributed by atoms with van der Waals surface area (Å²) in [6.07, 6.45) is 2.05.